The van der Waals surface area contributed by atoms with E-state index in [1.165, 1.54) is 10.9 Å². The standard InChI is InChI=1S/C6H9N3O2.Na/c1-7-5-4(6(10)11)9(2)3-8-5;/h3,7H,1-2H3,(H,10,11);/q;+1/p-1. The molecule has 1 aromatic rings. The van der Waals surface area contributed by atoms with Crippen LogP contribution in [0.4, 0.5) is 5.82 Å². The first-order valence-electron chi connectivity index (χ1n) is 3.07. The van der Waals surface area contributed by atoms with Gasteiger partial charge in [0, 0.05) is 14.1 Å². The number of carbonyl (C=O) groups excluding carboxylic acids is 1. The van der Waals surface area contributed by atoms with Crippen LogP contribution in [0.25, 0.3) is 0 Å². The fourth-order valence-electron chi connectivity index (χ4n) is 0.854. The van der Waals surface area contributed by atoms with Crippen molar-refractivity contribution in [2.24, 2.45) is 7.05 Å². The van der Waals surface area contributed by atoms with Gasteiger partial charge in [0.25, 0.3) is 0 Å². The van der Waals surface area contributed by atoms with Gasteiger partial charge >= 0.3 is 29.6 Å². The summed E-state index contributed by atoms with van der Waals surface area (Å²) in [6.45, 7) is 0. The van der Waals surface area contributed by atoms with Crippen molar-refractivity contribution in [3.8, 4) is 0 Å². The van der Waals surface area contributed by atoms with Gasteiger partial charge in [-0.05, 0) is 0 Å². The zero-order valence-corrected chi connectivity index (χ0v) is 9.29. The van der Waals surface area contributed by atoms with Crippen molar-refractivity contribution >= 4 is 11.8 Å². The molecule has 1 aromatic heterocycles. The van der Waals surface area contributed by atoms with E-state index in [2.05, 4.69) is 10.3 Å². The van der Waals surface area contributed by atoms with Crippen molar-refractivity contribution in [1.82, 2.24) is 9.55 Å². The molecular formula is C6H8N3NaO2. The minimum Gasteiger partial charge on any atom is -0.543 e. The SMILES string of the molecule is CNc1ncn(C)c1C(=O)[O-].[Na+]. The Balaban J connectivity index is 0.00000121. The van der Waals surface area contributed by atoms with E-state index >= 15 is 0 Å². The van der Waals surface area contributed by atoms with Gasteiger partial charge in [-0.1, -0.05) is 0 Å². The van der Waals surface area contributed by atoms with Gasteiger partial charge in [-0.15, -0.1) is 0 Å². The van der Waals surface area contributed by atoms with E-state index in [0.717, 1.165) is 0 Å². The third-order valence-electron chi connectivity index (χ3n) is 1.37. The number of anilines is 1. The zero-order valence-electron chi connectivity index (χ0n) is 7.29. The molecule has 0 radical (unpaired) electrons. The molecule has 60 valence electrons. The molecule has 0 saturated heterocycles. The van der Waals surface area contributed by atoms with Crippen LogP contribution in [0.3, 0.4) is 0 Å². The van der Waals surface area contributed by atoms with Gasteiger partial charge < -0.3 is 19.8 Å². The van der Waals surface area contributed by atoms with Crippen LogP contribution in [0.5, 0.6) is 0 Å². The normalized spacial score (nSPS) is 8.83. The summed E-state index contributed by atoms with van der Waals surface area (Å²) < 4.78 is 1.39. The van der Waals surface area contributed by atoms with Crippen LogP contribution < -0.4 is 40.0 Å². The molecule has 5 nitrogen and oxygen atoms in total. The summed E-state index contributed by atoms with van der Waals surface area (Å²) in [6, 6.07) is 0. The number of hydrogen-bond acceptors (Lipinski definition) is 4. The first-order valence-corrected chi connectivity index (χ1v) is 3.07. The van der Waals surface area contributed by atoms with Crippen molar-refractivity contribution in [1.29, 1.82) is 0 Å². The molecule has 6 heteroatoms. The quantitative estimate of drug-likeness (QED) is 0.465. The van der Waals surface area contributed by atoms with Gasteiger partial charge in [-0.25, -0.2) is 4.98 Å². The monoisotopic (exact) mass is 177 g/mol. The van der Waals surface area contributed by atoms with Crippen molar-refractivity contribution in [3.05, 3.63) is 12.0 Å². The number of carboxylic acid groups (broad SMARTS) is 1. The molecule has 0 aliphatic carbocycles. The topological polar surface area (TPSA) is 70.0 Å². The summed E-state index contributed by atoms with van der Waals surface area (Å²) in [7, 11) is 3.20. The molecule has 0 aliphatic rings. The van der Waals surface area contributed by atoms with Gasteiger partial charge in [0.2, 0.25) is 0 Å². The average molecular weight is 177 g/mol. The second kappa shape index (κ2) is 4.49. The second-order valence-corrected chi connectivity index (χ2v) is 2.09. The molecule has 0 aromatic carbocycles. The largest absolute Gasteiger partial charge is 1.00 e. The Morgan fingerprint density at radius 3 is 2.67 bits per heavy atom. The van der Waals surface area contributed by atoms with Crippen molar-refractivity contribution in [2.45, 2.75) is 0 Å². The Labute approximate surface area is 92.1 Å². The van der Waals surface area contributed by atoms with Crippen LogP contribution in [0.1, 0.15) is 10.5 Å². The Morgan fingerprint density at radius 2 is 2.33 bits per heavy atom. The molecule has 0 spiro atoms. The van der Waals surface area contributed by atoms with Gasteiger partial charge in [0.1, 0.15) is 5.69 Å². The predicted octanol–water partition coefficient (Wildman–Crippen LogP) is -4.17. The van der Waals surface area contributed by atoms with Gasteiger partial charge in [0.05, 0.1) is 12.3 Å². The van der Waals surface area contributed by atoms with Crippen molar-refractivity contribution in [2.75, 3.05) is 12.4 Å². The number of nitrogens with zero attached hydrogens (tertiary/aromatic N) is 2. The maximum Gasteiger partial charge on any atom is 1.00 e. The van der Waals surface area contributed by atoms with Gasteiger partial charge in [-0.2, -0.15) is 0 Å². The molecule has 0 fully saturated rings. The molecule has 0 bridgehead atoms. The first kappa shape index (κ1) is 11.5. The zero-order chi connectivity index (χ0) is 8.43. The molecule has 0 aliphatic heterocycles. The minimum atomic E-state index is -1.23. The third kappa shape index (κ3) is 2.00. The maximum absolute atomic E-state index is 10.5. The van der Waals surface area contributed by atoms with Crippen LogP contribution >= 0.6 is 0 Å². The molecule has 0 saturated carbocycles. The predicted molar refractivity (Wildman–Crippen MR) is 37.1 cm³/mol. The summed E-state index contributed by atoms with van der Waals surface area (Å²) in [5, 5.41) is 13.1. The van der Waals surface area contributed by atoms with Crippen molar-refractivity contribution < 1.29 is 39.5 Å². The average Bonchev–Trinajstić information content (AvgIpc) is 2.30. The summed E-state index contributed by atoms with van der Waals surface area (Å²) >= 11 is 0. The van der Waals surface area contributed by atoms with E-state index < -0.39 is 5.97 Å². The number of carboxylic acids is 1. The fraction of sp³-hybridized carbons (Fsp3) is 0.333. The molecular weight excluding hydrogens is 169 g/mol. The van der Waals surface area contributed by atoms with Crippen LogP contribution in [0.15, 0.2) is 6.33 Å². The van der Waals surface area contributed by atoms with E-state index in [0.29, 0.717) is 5.82 Å². The van der Waals surface area contributed by atoms with Crippen LogP contribution in [-0.2, 0) is 7.05 Å². The molecule has 1 heterocycles. The van der Waals surface area contributed by atoms with Gasteiger partial charge in [0.15, 0.2) is 5.82 Å². The van der Waals surface area contributed by atoms with Crippen molar-refractivity contribution in [3.63, 3.8) is 0 Å². The first-order chi connectivity index (χ1) is 5.16. The summed E-state index contributed by atoms with van der Waals surface area (Å²) in [5.41, 5.74) is 0.0625. The van der Waals surface area contributed by atoms with Crippen LogP contribution in [0.2, 0.25) is 0 Å². The van der Waals surface area contributed by atoms with E-state index in [-0.39, 0.29) is 35.3 Å². The second-order valence-electron chi connectivity index (χ2n) is 2.09. The summed E-state index contributed by atoms with van der Waals surface area (Å²) in [6.07, 6.45) is 1.41. The number of imidazole rings is 1. The summed E-state index contributed by atoms with van der Waals surface area (Å²) in [4.78, 5) is 14.2. The number of carbonyl (C=O) groups is 1. The minimum absolute atomic E-state index is 0. The number of aromatic carboxylic acids is 1. The smallest absolute Gasteiger partial charge is 0.543 e. The Hall–Kier alpha value is -0.520. The Bertz CT molecular complexity index is 284. The molecule has 0 atom stereocenters. The maximum atomic E-state index is 10.5. The molecule has 1 N–H and O–H groups in total. The molecule has 12 heavy (non-hydrogen) atoms. The Morgan fingerprint density at radius 1 is 1.75 bits per heavy atom. The number of hydrogen-bond donors (Lipinski definition) is 1. The van der Waals surface area contributed by atoms with Crippen LogP contribution in [-0.4, -0.2) is 22.6 Å². The Kier molecular flexibility index (Phi) is 4.30. The number of aryl methyl sites for hydroxylation is 1. The van der Waals surface area contributed by atoms with Crippen LogP contribution in [0, 0.1) is 0 Å². The fourth-order valence-corrected chi connectivity index (χ4v) is 0.854. The van der Waals surface area contributed by atoms with Gasteiger partial charge in [-0.3, -0.25) is 0 Å². The number of nitrogens with one attached hydrogen (secondary N) is 1. The summed E-state index contributed by atoms with van der Waals surface area (Å²) in [5.74, 6) is -0.901. The van der Waals surface area contributed by atoms with E-state index in [1.54, 1.807) is 14.1 Å². The van der Waals surface area contributed by atoms with E-state index in [9.17, 15) is 9.90 Å². The molecule has 0 unspecified atom stereocenters. The third-order valence-corrected chi connectivity index (χ3v) is 1.37. The number of rotatable bonds is 2. The van der Waals surface area contributed by atoms with E-state index in [1.807, 2.05) is 0 Å². The number of aromatic nitrogens is 2. The molecule has 0 amide bonds. The molecule has 1 rings (SSSR count). The van der Waals surface area contributed by atoms with E-state index in [4.69, 9.17) is 0 Å².